The lowest BCUT2D eigenvalue weighted by Crippen LogP contribution is -2.12. The lowest BCUT2D eigenvalue weighted by atomic mass is 10.2. The fraction of sp³-hybridized carbons (Fsp3) is 0.222. The van der Waals surface area contributed by atoms with E-state index in [1.807, 2.05) is 28.9 Å². The van der Waals surface area contributed by atoms with E-state index >= 15 is 0 Å². The molecule has 2 N–H and O–H groups in total. The topological polar surface area (TPSA) is 88.5 Å². The highest BCUT2D eigenvalue weighted by Crippen LogP contribution is 2.19. The molecule has 0 aliphatic heterocycles. The van der Waals surface area contributed by atoms with Crippen LogP contribution in [0.1, 0.15) is 24.2 Å². The number of nitrogens with zero attached hydrogens (tertiary/aromatic N) is 4. The number of anilines is 1. The van der Waals surface area contributed by atoms with Gasteiger partial charge in [-0.2, -0.15) is 10.2 Å². The van der Waals surface area contributed by atoms with E-state index in [4.69, 9.17) is 0 Å². The van der Waals surface area contributed by atoms with Crippen molar-refractivity contribution in [2.45, 2.75) is 20.4 Å². The van der Waals surface area contributed by atoms with E-state index in [1.165, 1.54) is 0 Å². The Balaban J connectivity index is 1.59. The molecule has 0 saturated carbocycles. The van der Waals surface area contributed by atoms with Crippen LogP contribution in [0.2, 0.25) is 0 Å². The molecule has 0 spiro atoms. The Morgan fingerprint density at radius 1 is 1.20 bits per heavy atom. The normalized spacial score (nSPS) is 11.5. The van der Waals surface area contributed by atoms with Gasteiger partial charge in [0.05, 0.1) is 23.5 Å². The van der Waals surface area contributed by atoms with Gasteiger partial charge in [-0.1, -0.05) is 13.8 Å². The maximum absolute atomic E-state index is 12.5. The first-order valence-electron chi connectivity index (χ1n) is 8.16. The summed E-state index contributed by atoms with van der Waals surface area (Å²) in [5, 5.41) is 15.9. The van der Waals surface area contributed by atoms with Crippen LogP contribution in [0.25, 0.3) is 21.9 Å². The third kappa shape index (κ3) is 2.96. The zero-order valence-corrected chi connectivity index (χ0v) is 14.0. The van der Waals surface area contributed by atoms with Gasteiger partial charge in [0.15, 0.2) is 5.65 Å². The summed E-state index contributed by atoms with van der Waals surface area (Å²) < 4.78 is 1.87. The van der Waals surface area contributed by atoms with Gasteiger partial charge in [0.2, 0.25) is 0 Å². The minimum Gasteiger partial charge on any atom is -0.322 e. The Morgan fingerprint density at radius 3 is 2.92 bits per heavy atom. The number of carbonyl (C=O) groups excluding carboxylic acids is 1. The summed E-state index contributed by atoms with van der Waals surface area (Å²) >= 11 is 0. The first-order valence-corrected chi connectivity index (χ1v) is 8.16. The number of pyridine rings is 1. The smallest absolute Gasteiger partial charge is 0.257 e. The Kier molecular flexibility index (Phi) is 3.68. The van der Waals surface area contributed by atoms with Crippen molar-refractivity contribution in [2.75, 3.05) is 5.32 Å². The number of carbonyl (C=O) groups is 1. The van der Waals surface area contributed by atoms with Gasteiger partial charge in [-0.15, -0.1) is 0 Å². The number of rotatable bonds is 4. The molecule has 3 aromatic heterocycles. The van der Waals surface area contributed by atoms with Crippen LogP contribution in [-0.4, -0.2) is 30.9 Å². The van der Waals surface area contributed by atoms with Crippen molar-refractivity contribution in [1.29, 1.82) is 0 Å². The number of H-pyrrole nitrogens is 1. The standard InChI is InChI=1S/C18H18N6O/c1-11(2)10-24-17-13(9-21-24)5-14(7-19-17)18(25)22-15-3-4-16-12(6-15)8-20-23-16/h3-9,11H,10H2,1-2H3,(H,20,23)(H,22,25). The average molecular weight is 334 g/mol. The minimum atomic E-state index is -0.200. The lowest BCUT2D eigenvalue weighted by molar-refractivity contribution is 0.102. The van der Waals surface area contributed by atoms with Crippen molar-refractivity contribution in [3.8, 4) is 0 Å². The van der Waals surface area contributed by atoms with Gasteiger partial charge in [0.1, 0.15) is 0 Å². The molecule has 0 fully saturated rings. The highest BCUT2D eigenvalue weighted by Gasteiger charge is 2.12. The maximum atomic E-state index is 12.5. The quantitative estimate of drug-likeness (QED) is 0.600. The summed E-state index contributed by atoms with van der Waals surface area (Å²) in [6.07, 6.45) is 5.06. The predicted molar refractivity (Wildman–Crippen MR) is 96.4 cm³/mol. The van der Waals surface area contributed by atoms with Crippen LogP contribution in [0.5, 0.6) is 0 Å². The second-order valence-electron chi connectivity index (χ2n) is 6.48. The predicted octanol–water partition coefficient (Wildman–Crippen LogP) is 3.22. The fourth-order valence-corrected chi connectivity index (χ4v) is 2.80. The number of fused-ring (bicyclic) bond motifs is 2. The van der Waals surface area contributed by atoms with Crippen LogP contribution in [0, 0.1) is 5.92 Å². The SMILES string of the molecule is CC(C)Cn1ncc2cc(C(=O)Nc3ccc4[nH]ncc4c3)cnc21. The molecule has 0 bridgehead atoms. The first kappa shape index (κ1) is 15.3. The van der Waals surface area contributed by atoms with Crippen molar-refractivity contribution in [3.05, 3.63) is 48.4 Å². The van der Waals surface area contributed by atoms with Gasteiger partial charge in [-0.05, 0) is 30.2 Å². The van der Waals surface area contributed by atoms with E-state index in [-0.39, 0.29) is 5.91 Å². The fourth-order valence-electron chi connectivity index (χ4n) is 2.80. The monoisotopic (exact) mass is 334 g/mol. The molecule has 1 aromatic carbocycles. The molecular weight excluding hydrogens is 316 g/mol. The van der Waals surface area contributed by atoms with Crippen molar-refractivity contribution in [1.82, 2.24) is 25.0 Å². The van der Waals surface area contributed by atoms with Gasteiger partial charge >= 0.3 is 0 Å². The molecule has 4 rings (SSSR count). The Bertz CT molecular complexity index is 1060. The average Bonchev–Trinajstić information content (AvgIpc) is 3.20. The molecule has 0 aliphatic rings. The molecule has 25 heavy (non-hydrogen) atoms. The van der Waals surface area contributed by atoms with Gasteiger partial charge in [-0.25, -0.2) is 9.67 Å². The molecule has 7 heteroatoms. The van der Waals surface area contributed by atoms with Crippen molar-refractivity contribution < 1.29 is 4.79 Å². The highest BCUT2D eigenvalue weighted by molar-refractivity contribution is 6.06. The molecule has 4 aromatic rings. The summed E-state index contributed by atoms with van der Waals surface area (Å²) in [7, 11) is 0. The van der Waals surface area contributed by atoms with Crippen LogP contribution >= 0.6 is 0 Å². The first-order chi connectivity index (χ1) is 12.1. The van der Waals surface area contributed by atoms with Crippen LogP contribution in [0.4, 0.5) is 5.69 Å². The summed E-state index contributed by atoms with van der Waals surface area (Å²) in [4.78, 5) is 16.9. The van der Waals surface area contributed by atoms with Gasteiger partial charge in [0.25, 0.3) is 5.91 Å². The summed E-state index contributed by atoms with van der Waals surface area (Å²) in [5.74, 6) is 0.277. The molecule has 0 saturated heterocycles. The highest BCUT2D eigenvalue weighted by atomic mass is 16.1. The summed E-state index contributed by atoms with van der Waals surface area (Å²) in [6.45, 7) is 5.06. The Hall–Kier alpha value is -3.22. The third-order valence-corrected chi connectivity index (χ3v) is 3.97. The molecule has 7 nitrogen and oxygen atoms in total. The molecule has 126 valence electrons. The zero-order valence-electron chi connectivity index (χ0n) is 14.0. The molecule has 0 radical (unpaired) electrons. The molecular formula is C18H18N6O. The van der Waals surface area contributed by atoms with E-state index in [9.17, 15) is 4.79 Å². The second-order valence-corrected chi connectivity index (χ2v) is 6.48. The van der Waals surface area contributed by atoms with Crippen LogP contribution < -0.4 is 5.32 Å². The maximum Gasteiger partial charge on any atom is 0.257 e. The van der Waals surface area contributed by atoms with Crippen LogP contribution in [0.3, 0.4) is 0 Å². The zero-order chi connectivity index (χ0) is 17.4. The number of aromatic nitrogens is 5. The Morgan fingerprint density at radius 2 is 2.08 bits per heavy atom. The van der Waals surface area contributed by atoms with Gasteiger partial charge in [-0.3, -0.25) is 9.89 Å². The molecule has 0 atom stereocenters. The number of aromatic amines is 1. The van der Waals surface area contributed by atoms with E-state index in [2.05, 4.69) is 39.4 Å². The largest absolute Gasteiger partial charge is 0.322 e. The van der Waals surface area contributed by atoms with E-state index < -0.39 is 0 Å². The third-order valence-electron chi connectivity index (χ3n) is 3.97. The van der Waals surface area contributed by atoms with Crippen LogP contribution in [0.15, 0.2) is 42.9 Å². The molecule has 3 heterocycles. The molecule has 1 amide bonds. The number of amides is 1. The second kappa shape index (κ2) is 6.01. The van der Waals surface area contributed by atoms with Gasteiger partial charge in [0, 0.05) is 29.2 Å². The van der Waals surface area contributed by atoms with E-state index in [0.29, 0.717) is 11.5 Å². The van der Waals surface area contributed by atoms with Crippen molar-refractivity contribution >= 4 is 33.5 Å². The number of nitrogens with one attached hydrogen (secondary N) is 2. The number of benzene rings is 1. The molecule has 0 aliphatic carbocycles. The summed E-state index contributed by atoms with van der Waals surface area (Å²) in [5.41, 5.74) is 2.95. The number of hydrogen-bond acceptors (Lipinski definition) is 4. The van der Waals surface area contributed by atoms with Crippen molar-refractivity contribution in [3.63, 3.8) is 0 Å². The van der Waals surface area contributed by atoms with E-state index in [1.54, 1.807) is 18.6 Å². The number of hydrogen-bond donors (Lipinski definition) is 2. The van der Waals surface area contributed by atoms with Crippen molar-refractivity contribution in [2.24, 2.45) is 5.92 Å². The molecule has 0 unspecified atom stereocenters. The van der Waals surface area contributed by atoms with Gasteiger partial charge < -0.3 is 5.32 Å². The Labute approximate surface area is 144 Å². The van der Waals surface area contributed by atoms with Crippen LogP contribution in [-0.2, 0) is 6.54 Å². The minimum absolute atomic E-state index is 0.200. The lowest BCUT2D eigenvalue weighted by Gasteiger charge is -2.07. The summed E-state index contributed by atoms with van der Waals surface area (Å²) in [6, 6.07) is 7.42. The van der Waals surface area contributed by atoms with E-state index in [0.717, 1.165) is 34.2 Å².